The Morgan fingerprint density at radius 3 is 2.19 bits per heavy atom. The van der Waals surface area contributed by atoms with Gasteiger partial charge >= 0.3 is 0 Å². The Kier molecular flexibility index (Phi) is 3.67. The van der Waals surface area contributed by atoms with Crippen LogP contribution >= 0.6 is 0 Å². The van der Waals surface area contributed by atoms with E-state index in [0.29, 0.717) is 5.90 Å². The zero-order chi connectivity index (χ0) is 14.7. The Balaban J connectivity index is 1.84. The van der Waals surface area contributed by atoms with Gasteiger partial charge in [-0.05, 0) is 30.3 Å². The van der Waals surface area contributed by atoms with E-state index >= 15 is 0 Å². The molecular formula is C17H15N3O. The van der Waals surface area contributed by atoms with Crippen LogP contribution in [0, 0.1) is 11.3 Å². The van der Waals surface area contributed by atoms with Crippen molar-refractivity contribution in [1.82, 2.24) is 5.32 Å². The van der Waals surface area contributed by atoms with Gasteiger partial charge in [0.05, 0.1) is 6.07 Å². The van der Waals surface area contributed by atoms with Crippen molar-refractivity contribution in [3.05, 3.63) is 60.2 Å². The summed E-state index contributed by atoms with van der Waals surface area (Å²) < 4.78 is 5.66. The molecule has 21 heavy (non-hydrogen) atoms. The maximum absolute atomic E-state index is 9.05. The molecule has 2 aromatic carbocycles. The van der Waals surface area contributed by atoms with Gasteiger partial charge in [0, 0.05) is 5.56 Å². The number of benzene rings is 2. The maximum atomic E-state index is 9.05. The molecule has 0 aliphatic carbocycles. The van der Waals surface area contributed by atoms with E-state index < -0.39 is 6.04 Å². The van der Waals surface area contributed by atoms with Gasteiger partial charge in [-0.15, -0.1) is 0 Å². The zero-order valence-corrected chi connectivity index (χ0v) is 11.7. The van der Waals surface area contributed by atoms with Crippen LogP contribution in [-0.4, -0.2) is 25.2 Å². The van der Waals surface area contributed by atoms with Gasteiger partial charge in [0.1, 0.15) is 0 Å². The van der Waals surface area contributed by atoms with Crippen molar-refractivity contribution in [3.8, 4) is 17.2 Å². The largest absolute Gasteiger partial charge is 0.455 e. The third-order valence-electron chi connectivity index (χ3n) is 3.44. The molecule has 0 radical (unpaired) electrons. The summed E-state index contributed by atoms with van der Waals surface area (Å²) in [7, 11) is 1.76. The molecule has 1 aliphatic rings. The fourth-order valence-electron chi connectivity index (χ4n) is 2.30. The van der Waals surface area contributed by atoms with Gasteiger partial charge in [-0.25, -0.2) is 4.99 Å². The van der Waals surface area contributed by atoms with E-state index in [0.717, 1.165) is 11.1 Å². The van der Waals surface area contributed by atoms with Gasteiger partial charge in [0.15, 0.2) is 12.3 Å². The average Bonchev–Trinajstić information content (AvgIpc) is 2.99. The van der Waals surface area contributed by atoms with Crippen LogP contribution in [0.3, 0.4) is 0 Å². The van der Waals surface area contributed by atoms with Crippen molar-refractivity contribution in [1.29, 1.82) is 5.26 Å². The summed E-state index contributed by atoms with van der Waals surface area (Å²) in [5.74, 6) is 0.514. The Bertz CT molecular complexity index is 686. The van der Waals surface area contributed by atoms with Crippen LogP contribution in [0.25, 0.3) is 11.1 Å². The number of rotatable bonds is 3. The van der Waals surface area contributed by atoms with E-state index in [9.17, 15) is 0 Å². The Morgan fingerprint density at radius 2 is 1.62 bits per heavy atom. The average molecular weight is 277 g/mol. The van der Waals surface area contributed by atoms with Crippen molar-refractivity contribution >= 4 is 5.90 Å². The van der Waals surface area contributed by atoms with Crippen molar-refractivity contribution in [2.75, 3.05) is 7.05 Å². The van der Waals surface area contributed by atoms with Gasteiger partial charge in [0.25, 0.3) is 0 Å². The predicted molar refractivity (Wildman–Crippen MR) is 81.7 cm³/mol. The zero-order valence-electron chi connectivity index (χ0n) is 11.7. The molecule has 0 aromatic heterocycles. The topological polar surface area (TPSA) is 57.4 Å². The quantitative estimate of drug-likeness (QED) is 0.938. The third kappa shape index (κ3) is 2.64. The van der Waals surface area contributed by atoms with Gasteiger partial charge in [-0.3, -0.25) is 5.32 Å². The van der Waals surface area contributed by atoms with Crippen LogP contribution in [0.5, 0.6) is 0 Å². The van der Waals surface area contributed by atoms with E-state index in [2.05, 4.69) is 28.5 Å². The van der Waals surface area contributed by atoms with Crippen molar-refractivity contribution in [2.45, 2.75) is 12.3 Å². The van der Waals surface area contributed by atoms with Gasteiger partial charge in [-0.1, -0.05) is 42.5 Å². The first kappa shape index (κ1) is 13.3. The lowest BCUT2D eigenvalue weighted by molar-refractivity contribution is 0.179. The number of nitriles is 1. The van der Waals surface area contributed by atoms with Crippen molar-refractivity contribution in [2.24, 2.45) is 4.99 Å². The van der Waals surface area contributed by atoms with Crippen LogP contribution in [0.2, 0.25) is 0 Å². The highest BCUT2D eigenvalue weighted by Gasteiger charge is 2.30. The molecule has 4 nitrogen and oxygen atoms in total. The van der Waals surface area contributed by atoms with E-state index in [4.69, 9.17) is 10.00 Å². The summed E-state index contributed by atoms with van der Waals surface area (Å²) in [5.41, 5.74) is 3.19. The Labute approximate surface area is 123 Å². The molecule has 2 aromatic rings. The molecule has 104 valence electrons. The Hall–Kier alpha value is -2.64. The van der Waals surface area contributed by atoms with Crippen LogP contribution < -0.4 is 5.32 Å². The van der Waals surface area contributed by atoms with Crippen LogP contribution in [-0.2, 0) is 4.74 Å². The van der Waals surface area contributed by atoms with Gasteiger partial charge < -0.3 is 4.74 Å². The number of hydrogen-bond acceptors (Lipinski definition) is 4. The minimum absolute atomic E-state index is 0.376. The lowest BCUT2D eigenvalue weighted by Gasteiger charge is -2.11. The summed E-state index contributed by atoms with van der Waals surface area (Å²) in [5, 5.41) is 12.0. The summed E-state index contributed by atoms with van der Waals surface area (Å²) in [6.07, 6.45) is -0.376. The number of aliphatic imine (C=N–C) groups is 1. The van der Waals surface area contributed by atoms with Crippen molar-refractivity contribution < 1.29 is 4.74 Å². The molecule has 0 bridgehead atoms. The molecule has 0 spiro atoms. The molecule has 1 N–H and O–H groups in total. The van der Waals surface area contributed by atoms with Crippen molar-refractivity contribution in [3.63, 3.8) is 0 Å². The first-order valence-electron chi connectivity index (χ1n) is 6.79. The summed E-state index contributed by atoms with van der Waals surface area (Å²) in [6, 6.07) is 19.8. The fraction of sp³-hybridized carbons (Fsp3) is 0.176. The maximum Gasteiger partial charge on any atom is 0.219 e. The molecule has 0 saturated heterocycles. The highest BCUT2D eigenvalue weighted by atomic mass is 16.5. The molecular weight excluding hydrogens is 262 g/mol. The summed E-state index contributed by atoms with van der Waals surface area (Å²) in [6.45, 7) is 0. The van der Waals surface area contributed by atoms with E-state index in [-0.39, 0.29) is 6.23 Å². The number of likely N-dealkylation sites (N-methyl/N-ethyl adjacent to an activating group) is 1. The first-order valence-corrected chi connectivity index (χ1v) is 6.79. The third-order valence-corrected chi connectivity index (χ3v) is 3.44. The summed E-state index contributed by atoms with van der Waals surface area (Å²) in [4.78, 5) is 4.30. The number of nitrogens with one attached hydrogen (secondary N) is 1. The molecule has 1 aliphatic heterocycles. The smallest absolute Gasteiger partial charge is 0.219 e. The highest BCUT2D eigenvalue weighted by molar-refractivity contribution is 5.96. The monoisotopic (exact) mass is 277 g/mol. The second kappa shape index (κ2) is 5.78. The lowest BCUT2D eigenvalue weighted by Crippen LogP contribution is -2.34. The standard InChI is InChI=1S/C17H15N3O/c1-19-17-15(11-18)20-16(21-17)14-9-7-13(8-10-14)12-5-3-2-4-6-12/h2-10,15,17,19H,1H3. The van der Waals surface area contributed by atoms with Crippen LogP contribution in [0.1, 0.15) is 5.56 Å². The number of ether oxygens (including phenoxy) is 1. The molecule has 3 rings (SSSR count). The van der Waals surface area contributed by atoms with Crippen LogP contribution in [0.4, 0.5) is 0 Å². The number of hydrogen-bond donors (Lipinski definition) is 1. The second-order valence-corrected chi connectivity index (χ2v) is 4.78. The Morgan fingerprint density at radius 1 is 1.00 bits per heavy atom. The normalized spacial score (nSPS) is 20.5. The summed E-state index contributed by atoms with van der Waals surface area (Å²) >= 11 is 0. The highest BCUT2D eigenvalue weighted by Crippen LogP contribution is 2.22. The molecule has 1 heterocycles. The lowest BCUT2D eigenvalue weighted by atomic mass is 10.0. The molecule has 2 atom stereocenters. The van der Waals surface area contributed by atoms with E-state index in [1.807, 2.05) is 42.5 Å². The SMILES string of the molecule is CNC1OC(c2ccc(-c3ccccc3)cc2)=NC1C#N. The van der Waals surface area contributed by atoms with Gasteiger partial charge in [0.2, 0.25) is 5.90 Å². The van der Waals surface area contributed by atoms with E-state index in [1.54, 1.807) is 7.05 Å². The molecule has 0 fully saturated rings. The molecule has 4 heteroatoms. The molecule has 2 unspecified atom stereocenters. The fourth-order valence-corrected chi connectivity index (χ4v) is 2.30. The van der Waals surface area contributed by atoms with Gasteiger partial charge in [-0.2, -0.15) is 5.26 Å². The second-order valence-electron chi connectivity index (χ2n) is 4.78. The predicted octanol–water partition coefficient (Wildman–Crippen LogP) is 2.57. The minimum atomic E-state index is -0.501. The first-order chi connectivity index (χ1) is 10.3. The van der Waals surface area contributed by atoms with E-state index in [1.165, 1.54) is 5.56 Å². The minimum Gasteiger partial charge on any atom is -0.455 e. The number of nitrogens with zero attached hydrogens (tertiary/aromatic N) is 2. The van der Waals surface area contributed by atoms with Crippen LogP contribution in [0.15, 0.2) is 59.6 Å². The molecule has 0 saturated carbocycles. The molecule has 0 amide bonds.